The van der Waals surface area contributed by atoms with Crippen LogP contribution in [0.3, 0.4) is 0 Å². The molecule has 0 unspecified atom stereocenters. The van der Waals surface area contributed by atoms with E-state index in [1.54, 1.807) is 4.31 Å². The lowest BCUT2D eigenvalue weighted by molar-refractivity contribution is 0.396. The van der Waals surface area contributed by atoms with Crippen molar-refractivity contribution in [2.45, 2.75) is 24.6 Å². The van der Waals surface area contributed by atoms with E-state index in [4.69, 9.17) is 0 Å². The van der Waals surface area contributed by atoms with E-state index >= 15 is 0 Å². The molecule has 116 valence electrons. The molecule has 2 aromatic rings. The number of nitrogens with zero attached hydrogens (tertiary/aromatic N) is 1. The average Bonchev–Trinajstić information content (AvgIpc) is 3.01. The Morgan fingerprint density at radius 3 is 2.41 bits per heavy atom. The standard InChI is InChI=1S/C17H18FNO2S/c18-16-10-8-14(9-11-16)13-22(20,21)19-12-4-7-17(19)15-5-2-1-3-6-15/h1-3,5-6,8-11,17H,4,7,12-13H2/t17-/m1/s1. The average molecular weight is 319 g/mol. The zero-order valence-corrected chi connectivity index (χ0v) is 13.0. The van der Waals surface area contributed by atoms with E-state index in [9.17, 15) is 12.8 Å². The Hall–Kier alpha value is -1.72. The molecular weight excluding hydrogens is 301 g/mol. The molecule has 0 bridgehead atoms. The summed E-state index contributed by atoms with van der Waals surface area (Å²) in [5.74, 6) is -0.444. The molecule has 2 aromatic carbocycles. The van der Waals surface area contributed by atoms with Crippen molar-refractivity contribution in [1.29, 1.82) is 0 Å². The smallest absolute Gasteiger partial charge is 0.212 e. The summed E-state index contributed by atoms with van der Waals surface area (Å²) in [4.78, 5) is 0. The number of hydrogen-bond acceptors (Lipinski definition) is 2. The molecule has 1 aliphatic rings. The number of hydrogen-bond donors (Lipinski definition) is 0. The second-order valence-corrected chi connectivity index (χ2v) is 7.48. The minimum Gasteiger partial charge on any atom is -0.212 e. The van der Waals surface area contributed by atoms with Crippen LogP contribution in [0.1, 0.15) is 30.0 Å². The van der Waals surface area contributed by atoms with E-state index in [0.29, 0.717) is 12.1 Å². The normalized spacial score (nSPS) is 19.4. The van der Waals surface area contributed by atoms with Crippen molar-refractivity contribution < 1.29 is 12.8 Å². The van der Waals surface area contributed by atoms with E-state index in [-0.39, 0.29) is 17.6 Å². The summed E-state index contributed by atoms with van der Waals surface area (Å²) in [5.41, 5.74) is 1.64. The molecule has 1 heterocycles. The third-order valence-electron chi connectivity index (χ3n) is 4.01. The maximum Gasteiger partial charge on any atom is 0.218 e. The van der Waals surface area contributed by atoms with Gasteiger partial charge in [0.15, 0.2) is 0 Å². The fraction of sp³-hybridized carbons (Fsp3) is 0.294. The van der Waals surface area contributed by atoms with Gasteiger partial charge >= 0.3 is 0 Å². The Kier molecular flexibility index (Phi) is 4.27. The topological polar surface area (TPSA) is 37.4 Å². The molecule has 0 radical (unpaired) electrons. The molecule has 3 nitrogen and oxygen atoms in total. The molecule has 0 aliphatic carbocycles. The Morgan fingerprint density at radius 1 is 1.05 bits per heavy atom. The summed E-state index contributed by atoms with van der Waals surface area (Å²) in [7, 11) is -3.41. The van der Waals surface area contributed by atoms with Crippen LogP contribution >= 0.6 is 0 Å². The third-order valence-corrected chi connectivity index (χ3v) is 5.86. The molecule has 0 aromatic heterocycles. The largest absolute Gasteiger partial charge is 0.218 e. The van der Waals surface area contributed by atoms with Gasteiger partial charge in [0.05, 0.1) is 5.75 Å². The fourth-order valence-electron chi connectivity index (χ4n) is 2.96. The molecule has 1 saturated heterocycles. The lowest BCUT2D eigenvalue weighted by Crippen LogP contribution is -2.31. The minimum atomic E-state index is -3.41. The van der Waals surface area contributed by atoms with Crippen LogP contribution in [0.2, 0.25) is 0 Å². The maximum atomic E-state index is 12.9. The Labute approximate surface area is 130 Å². The van der Waals surface area contributed by atoms with Gasteiger partial charge in [-0.1, -0.05) is 42.5 Å². The molecule has 1 atom stereocenters. The quantitative estimate of drug-likeness (QED) is 0.865. The zero-order chi connectivity index (χ0) is 15.6. The first-order valence-electron chi connectivity index (χ1n) is 7.35. The van der Waals surface area contributed by atoms with Gasteiger partial charge in [0, 0.05) is 12.6 Å². The fourth-order valence-corrected chi connectivity index (χ4v) is 4.76. The van der Waals surface area contributed by atoms with Gasteiger partial charge in [-0.2, -0.15) is 4.31 Å². The molecule has 1 aliphatic heterocycles. The highest BCUT2D eigenvalue weighted by atomic mass is 32.2. The lowest BCUT2D eigenvalue weighted by atomic mass is 10.1. The van der Waals surface area contributed by atoms with Crippen molar-refractivity contribution in [3.8, 4) is 0 Å². The molecule has 3 rings (SSSR count). The van der Waals surface area contributed by atoms with Gasteiger partial charge in [0.1, 0.15) is 5.82 Å². The second kappa shape index (κ2) is 6.18. The number of sulfonamides is 1. The van der Waals surface area contributed by atoms with E-state index in [2.05, 4.69) is 0 Å². The van der Waals surface area contributed by atoms with Crippen LogP contribution in [0, 0.1) is 5.82 Å². The lowest BCUT2D eigenvalue weighted by Gasteiger charge is -2.24. The Bertz CT molecular complexity index is 729. The predicted molar refractivity (Wildman–Crippen MR) is 84.1 cm³/mol. The van der Waals surface area contributed by atoms with Crippen LogP contribution in [-0.4, -0.2) is 19.3 Å². The molecule has 1 fully saturated rings. The van der Waals surface area contributed by atoms with E-state index in [1.807, 2.05) is 30.3 Å². The molecule has 22 heavy (non-hydrogen) atoms. The molecule has 0 amide bonds. The van der Waals surface area contributed by atoms with Gasteiger partial charge in [0.2, 0.25) is 10.0 Å². The summed E-state index contributed by atoms with van der Waals surface area (Å²) >= 11 is 0. The second-order valence-electron chi connectivity index (χ2n) is 5.56. The number of rotatable bonds is 4. The van der Waals surface area contributed by atoms with Crippen LogP contribution in [-0.2, 0) is 15.8 Å². The van der Waals surface area contributed by atoms with Crippen molar-refractivity contribution in [1.82, 2.24) is 4.31 Å². The molecule has 0 N–H and O–H groups in total. The van der Waals surface area contributed by atoms with Gasteiger partial charge in [-0.15, -0.1) is 0 Å². The monoisotopic (exact) mass is 319 g/mol. The molecular formula is C17H18FNO2S. The summed E-state index contributed by atoms with van der Waals surface area (Å²) in [6, 6.07) is 15.3. The van der Waals surface area contributed by atoms with Crippen LogP contribution in [0.15, 0.2) is 54.6 Å². The van der Waals surface area contributed by atoms with Crippen molar-refractivity contribution in [3.05, 3.63) is 71.5 Å². The SMILES string of the molecule is O=S(=O)(Cc1ccc(F)cc1)N1CCC[C@@H]1c1ccccc1. The number of benzene rings is 2. The van der Waals surface area contributed by atoms with Crippen molar-refractivity contribution in [2.75, 3.05) is 6.54 Å². The van der Waals surface area contributed by atoms with Gasteiger partial charge in [-0.3, -0.25) is 0 Å². The van der Waals surface area contributed by atoms with Gasteiger partial charge < -0.3 is 0 Å². The first-order valence-corrected chi connectivity index (χ1v) is 8.96. The Morgan fingerprint density at radius 2 is 1.73 bits per heavy atom. The van der Waals surface area contributed by atoms with Gasteiger partial charge in [-0.05, 0) is 36.1 Å². The van der Waals surface area contributed by atoms with Crippen molar-refractivity contribution >= 4 is 10.0 Å². The first kappa shape index (κ1) is 15.2. The van der Waals surface area contributed by atoms with Crippen LogP contribution in [0.4, 0.5) is 4.39 Å². The van der Waals surface area contributed by atoms with Gasteiger partial charge in [0.25, 0.3) is 0 Å². The Balaban J connectivity index is 1.83. The first-order chi connectivity index (χ1) is 10.6. The van der Waals surface area contributed by atoms with Crippen LogP contribution in [0.25, 0.3) is 0 Å². The highest BCUT2D eigenvalue weighted by molar-refractivity contribution is 7.88. The number of halogens is 1. The summed E-state index contributed by atoms with van der Waals surface area (Å²) in [5, 5.41) is 0. The predicted octanol–water partition coefficient (Wildman–Crippen LogP) is 3.49. The summed E-state index contributed by atoms with van der Waals surface area (Å²) in [6.07, 6.45) is 1.70. The highest BCUT2D eigenvalue weighted by Crippen LogP contribution is 2.35. The zero-order valence-electron chi connectivity index (χ0n) is 12.2. The van der Waals surface area contributed by atoms with Crippen LogP contribution < -0.4 is 0 Å². The van der Waals surface area contributed by atoms with Crippen molar-refractivity contribution in [3.63, 3.8) is 0 Å². The van der Waals surface area contributed by atoms with Crippen LogP contribution in [0.5, 0.6) is 0 Å². The summed E-state index contributed by atoms with van der Waals surface area (Å²) in [6.45, 7) is 0.545. The third kappa shape index (κ3) is 3.20. The molecule has 0 saturated carbocycles. The van der Waals surface area contributed by atoms with Gasteiger partial charge in [-0.25, -0.2) is 12.8 Å². The van der Waals surface area contributed by atoms with Crippen molar-refractivity contribution in [2.24, 2.45) is 0 Å². The highest BCUT2D eigenvalue weighted by Gasteiger charge is 2.34. The summed E-state index contributed by atoms with van der Waals surface area (Å²) < 4.78 is 39.9. The molecule has 5 heteroatoms. The van der Waals surface area contributed by atoms with E-state index in [0.717, 1.165) is 18.4 Å². The van der Waals surface area contributed by atoms with E-state index in [1.165, 1.54) is 24.3 Å². The molecule has 0 spiro atoms. The van der Waals surface area contributed by atoms with E-state index < -0.39 is 10.0 Å². The minimum absolute atomic E-state index is 0.0867. The maximum absolute atomic E-state index is 12.9.